The molecule has 2 N–H and O–H groups in total. The number of carbonyl (C=O) groups is 1. The Morgan fingerprint density at radius 2 is 2.18 bits per heavy atom. The molecule has 3 nitrogen and oxygen atoms in total. The lowest BCUT2D eigenvalue weighted by molar-refractivity contribution is 0.0945. The van der Waals surface area contributed by atoms with Gasteiger partial charge in [-0.25, -0.2) is 8.78 Å². The first kappa shape index (κ1) is 13.6. The van der Waals surface area contributed by atoms with E-state index in [0.29, 0.717) is 25.5 Å². The van der Waals surface area contributed by atoms with Gasteiger partial charge in [0, 0.05) is 12.6 Å². The van der Waals surface area contributed by atoms with E-state index in [1.54, 1.807) is 6.92 Å². The van der Waals surface area contributed by atoms with E-state index < -0.39 is 23.6 Å². The highest BCUT2D eigenvalue weighted by molar-refractivity contribution is 5.94. The minimum absolute atomic E-state index is 0.177. The number of hydrogen-bond donors (Lipinski definition) is 2. The lowest BCUT2D eigenvalue weighted by atomic mass is 10.2. The van der Waals surface area contributed by atoms with Crippen LogP contribution in [0.5, 0.6) is 0 Å². The molecule has 94 valence electrons. The molecule has 1 aromatic rings. The van der Waals surface area contributed by atoms with Gasteiger partial charge in [-0.1, -0.05) is 0 Å². The Labute approximate surface area is 98.5 Å². The van der Waals surface area contributed by atoms with Gasteiger partial charge in [0.2, 0.25) is 0 Å². The monoisotopic (exact) mass is 243 g/mol. The van der Waals surface area contributed by atoms with Crippen molar-refractivity contribution in [3.05, 3.63) is 35.4 Å². The average Bonchev–Trinajstić information content (AvgIpc) is 2.23. The fourth-order valence-electron chi connectivity index (χ4n) is 1.37. The van der Waals surface area contributed by atoms with Gasteiger partial charge in [-0.05, 0) is 31.9 Å². The molecule has 0 heterocycles. The van der Waals surface area contributed by atoms with Crippen LogP contribution >= 0.6 is 0 Å². The molecule has 17 heavy (non-hydrogen) atoms. The topological polar surface area (TPSA) is 49.3 Å². The molecule has 0 spiro atoms. The Bertz CT molecular complexity index is 394. The van der Waals surface area contributed by atoms with Crippen molar-refractivity contribution in [3.8, 4) is 0 Å². The molecule has 1 amide bonds. The summed E-state index contributed by atoms with van der Waals surface area (Å²) in [6.45, 7) is 2.00. The molecule has 0 aliphatic heterocycles. The summed E-state index contributed by atoms with van der Waals surface area (Å²) in [5, 5.41) is 11.5. The molecule has 0 aliphatic rings. The van der Waals surface area contributed by atoms with Crippen LogP contribution in [0.4, 0.5) is 8.78 Å². The highest BCUT2D eigenvalue weighted by Gasteiger charge is 2.11. The average molecular weight is 243 g/mol. The van der Waals surface area contributed by atoms with Crippen molar-refractivity contribution < 1.29 is 18.7 Å². The van der Waals surface area contributed by atoms with Crippen LogP contribution in [0.2, 0.25) is 0 Å². The van der Waals surface area contributed by atoms with Gasteiger partial charge in [0.05, 0.1) is 11.7 Å². The van der Waals surface area contributed by atoms with E-state index in [4.69, 9.17) is 5.11 Å². The van der Waals surface area contributed by atoms with Crippen molar-refractivity contribution in [2.24, 2.45) is 0 Å². The summed E-state index contributed by atoms with van der Waals surface area (Å²) in [7, 11) is 0. The number of hydrogen-bond acceptors (Lipinski definition) is 2. The largest absolute Gasteiger partial charge is 0.393 e. The van der Waals surface area contributed by atoms with Crippen molar-refractivity contribution in [3.63, 3.8) is 0 Å². The fourth-order valence-corrected chi connectivity index (χ4v) is 1.37. The lowest BCUT2D eigenvalue weighted by Crippen LogP contribution is -2.26. The Morgan fingerprint density at radius 1 is 1.47 bits per heavy atom. The summed E-state index contributed by atoms with van der Waals surface area (Å²) in [5.41, 5.74) is -0.177. The molecule has 5 heteroatoms. The zero-order valence-electron chi connectivity index (χ0n) is 9.54. The molecule has 1 unspecified atom stereocenters. The van der Waals surface area contributed by atoms with Crippen LogP contribution < -0.4 is 5.32 Å². The molecule has 0 radical (unpaired) electrons. The number of rotatable bonds is 5. The predicted molar refractivity (Wildman–Crippen MR) is 59.6 cm³/mol. The van der Waals surface area contributed by atoms with E-state index in [2.05, 4.69) is 5.32 Å². The van der Waals surface area contributed by atoms with E-state index in [1.165, 1.54) is 0 Å². The van der Waals surface area contributed by atoms with Crippen LogP contribution in [0, 0.1) is 11.6 Å². The standard InChI is InChI=1S/C12H15F2NO2/c1-8(16)3-2-6-15-12(17)10-5-4-9(13)7-11(10)14/h4-5,7-8,16H,2-3,6H2,1H3,(H,15,17). The maximum Gasteiger partial charge on any atom is 0.254 e. The molecule has 0 saturated heterocycles. The zero-order valence-corrected chi connectivity index (χ0v) is 9.54. The maximum absolute atomic E-state index is 13.2. The summed E-state index contributed by atoms with van der Waals surface area (Å²) >= 11 is 0. The van der Waals surface area contributed by atoms with Crippen molar-refractivity contribution in [2.75, 3.05) is 6.54 Å². The first-order valence-corrected chi connectivity index (χ1v) is 5.42. The quantitative estimate of drug-likeness (QED) is 0.775. The highest BCUT2D eigenvalue weighted by Crippen LogP contribution is 2.09. The highest BCUT2D eigenvalue weighted by atomic mass is 19.1. The third kappa shape index (κ3) is 4.48. The summed E-state index contributed by atoms with van der Waals surface area (Å²) in [5.74, 6) is -2.17. The second-order valence-electron chi connectivity index (χ2n) is 3.87. The molecule has 0 aromatic heterocycles. The van der Waals surface area contributed by atoms with Crippen LogP contribution in [0.3, 0.4) is 0 Å². The normalized spacial score (nSPS) is 12.2. The van der Waals surface area contributed by atoms with Crippen LogP contribution in [-0.4, -0.2) is 23.7 Å². The zero-order chi connectivity index (χ0) is 12.8. The smallest absolute Gasteiger partial charge is 0.254 e. The van der Waals surface area contributed by atoms with Gasteiger partial charge in [0.1, 0.15) is 11.6 Å². The van der Waals surface area contributed by atoms with E-state index in [9.17, 15) is 13.6 Å². The van der Waals surface area contributed by atoms with Gasteiger partial charge in [0.25, 0.3) is 5.91 Å². The van der Waals surface area contributed by atoms with Crippen molar-refractivity contribution in [1.29, 1.82) is 0 Å². The SMILES string of the molecule is CC(O)CCCNC(=O)c1ccc(F)cc1F. The first-order chi connectivity index (χ1) is 8.00. The third-order valence-electron chi connectivity index (χ3n) is 2.26. The number of amides is 1. The molecule has 0 aliphatic carbocycles. The van der Waals surface area contributed by atoms with Gasteiger partial charge in [-0.2, -0.15) is 0 Å². The van der Waals surface area contributed by atoms with Crippen molar-refractivity contribution in [2.45, 2.75) is 25.9 Å². The lowest BCUT2D eigenvalue weighted by Gasteiger charge is -2.07. The number of benzene rings is 1. The number of nitrogens with one attached hydrogen (secondary N) is 1. The molecular formula is C12H15F2NO2. The Kier molecular flexibility index (Phi) is 5.03. The van der Waals surface area contributed by atoms with E-state index in [0.717, 1.165) is 12.1 Å². The second-order valence-corrected chi connectivity index (χ2v) is 3.87. The van der Waals surface area contributed by atoms with Gasteiger partial charge < -0.3 is 10.4 Å². The van der Waals surface area contributed by atoms with E-state index >= 15 is 0 Å². The number of halogens is 2. The van der Waals surface area contributed by atoms with Gasteiger partial charge >= 0.3 is 0 Å². The summed E-state index contributed by atoms with van der Waals surface area (Å²) < 4.78 is 25.8. The van der Waals surface area contributed by atoms with Crippen LogP contribution in [0.1, 0.15) is 30.1 Å². The van der Waals surface area contributed by atoms with Crippen molar-refractivity contribution >= 4 is 5.91 Å². The predicted octanol–water partition coefficient (Wildman–Crippen LogP) is 1.86. The van der Waals surface area contributed by atoms with E-state index in [1.807, 2.05) is 0 Å². The molecular weight excluding hydrogens is 228 g/mol. The summed E-state index contributed by atoms with van der Waals surface area (Å²) in [6, 6.07) is 2.81. The summed E-state index contributed by atoms with van der Waals surface area (Å²) in [4.78, 5) is 11.5. The van der Waals surface area contributed by atoms with Crippen LogP contribution in [0.25, 0.3) is 0 Å². The van der Waals surface area contributed by atoms with Crippen LogP contribution in [-0.2, 0) is 0 Å². The van der Waals surface area contributed by atoms with Crippen molar-refractivity contribution in [1.82, 2.24) is 5.32 Å². The first-order valence-electron chi connectivity index (χ1n) is 5.42. The minimum atomic E-state index is -0.877. The molecule has 0 bridgehead atoms. The number of aliphatic hydroxyl groups excluding tert-OH is 1. The molecule has 1 rings (SSSR count). The Morgan fingerprint density at radius 3 is 2.76 bits per heavy atom. The molecule has 0 saturated carbocycles. The van der Waals surface area contributed by atoms with E-state index in [-0.39, 0.29) is 5.56 Å². The summed E-state index contributed by atoms with van der Waals surface area (Å²) in [6.07, 6.45) is 0.743. The third-order valence-corrected chi connectivity index (χ3v) is 2.26. The molecule has 1 aromatic carbocycles. The van der Waals surface area contributed by atoms with Gasteiger partial charge in [-0.15, -0.1) is 0 Å². The number of aliphatic hydroxyl groups is 1. The fraction of sp³-hybridized carbons (Fsp3) is 0.417. The maximum atomic E-state index is 13.2. The number of carbonyl (C=O) groups excluding carboxylic acids is 1. The molecule has 0 fully saturated rings. The van der Waals surface area contributed by atoms with Crippen LogP contribution in [0.15, 0.2) is 18.2 Å². The second kappa shape index (κ2) is 6.30. The van der Waals surface area contributed by atoms with Gasteiger partial charge in [0.15, 0.2) is 0 Å². The Hall–Kier alpha value is -1.49. The molecule has 1 atom stereocenters. The Balaban J connectivity index is 2.47. The minimum Gasteiger partial charge on any atom is -0.393 e. The van der Waals surface area contributed by atoms with Gasteiger partial charge in [-0.3, -0.25) is 4.79 Å².